The van der Waals surface area contributed by atoms with E-state index in [1.807, 2.05) is 70.5 Å². The van der Waals surface area contributed by atoms with Crippen molar-refractivity contribution < 1.29 is 19.0 Å². The Hall–Kier alpha value is -3.53. The van der Waals surface area contributed by atoms with E-state index >= 15 is 0 Å². The van der Waals surface area contributed by atoms with E-state index in [2.05, 4.69) is 5.32 Å². The molecule has 9 heteroatoms. The van der Waals surface area contributed by atoms with Gasteiger partial charge in [-0.1, -0.05) is 43.3 Å². The number of hydrogen-bond donors (Lipinski definition) is 3. The third-order valence-electron chi connectivity index (χ3n) is 8.20. The third-order valence-corrected chi connectivity index (χ3v) is 10.1. The van der Waals surface area contributed by atoms with E-state index < -0.39 is 15.8 Å². The fourth-order valence-corrected chi connectivity index (χ4v) is 7.57. The van der Waals surface area contributed by atoms with Crippen LogP contribution >= 0.6 is 0 Å². The summed E-state index contributed by atoms with van der Waals surface area (Å²) in [5.74, 6) is -0.697. The predicted octanol–water partition coefficient (Wildman–Crippen LogP) is 6.48. The molecule has 0 amide bonds. The minimum absolute atomic E-state index is 0. The molecule has 42 heavy (non-hydrogen) atoms. The zero-order chi connectivity index (χ0) is 29.5. The number of fused-ring (bicyclic) bond motifs is 1. The molecule has 1 heterocycles. The predicted molar refractivity (Wildman–Crippen MR) is 169 cm³/mol. The molecule has 1 aliphatic carbocycles. The van der Waals surface area contributed by atoms with Gasteiger partial charge in [-0.3, -0.25) is 4.79 Å². The number of ketones is 1. The number of aryl methyl sites for hydroxylation is 1. The number of nitrogen functional groups attached to an aromatic ring is 1. The molecule has 5 rings (SSSR count). The van der Waals surface area contributed by atoms with Crippen LogP contribution in [0.25, 0.3) is 0 Å². The van der Waals surface area contributed by atoms with Crippen LogP contribution in [0.5, 0.6) is 0 Å². The highest BCUT2D eigenvalue weighted by Gasteiger charge is 2.33. The van der Waals surface area contributed by atoms with Crippen molar-refractivity contribution in [2.45, 2.75) is 57.9 Å². The Balaban J connectivity index is 0.00000253. The Labute approximate surface area is 250 Å². The van der Waals surface area contributed by atoms with Gasteiger partial charge in [-0.05, 0) is 90.3 Å². The van der Waals surface area contributed by atoms with Crippen LogP contribution in [0.1, 0.15) is 61.0 Å². The normalized spacial score (nSPS) is 18.2. The maximum atomic E-state index is 14.2. The standard InChI is InChI=1S/C33H37FN3O3S.H3N.H2/c1-5-36-30-13-12-28(22(4)33(30)35)29(17-31(38)23-8-9-23)24-7-6-21(3)26(15-24)19-37-18-20(2)14-25-10-11-27(34)16-32(25)41(37,39)40;;/h6-13,15-16,20,29,36H,5,14,17-19,35H2,1-4H3;1H3;1H/t20-,29-;;/m0../s1. The zero-order valence-corrected chi connectivity index (χ0v) is 25.5. The smallest absolute Gasteiger partial charge is 0.243 e. The number of halogens is 1. The number of nitrogens with one attached hydrogen (secondary N) is 1. The number of nitrogens with zero attached hydrogens (tertiary/aromatic N) is 1. The lowest BCUT2D eigenvalue weighted by Crippen LogP contribution is -2.33. The van der Waals surface area contributed by atoms with E-state index in [-0.39, 0.29) is 43.1 Å². The molecule has 0 saturated carbocycles. The number of hydrogen-bond acceptors (Lipinski definition) is 6. The fourth-order valence-electron chi connectivity index (χ4n) is 5.79. The van der Waals surface area contributed by atoms with Crippen LogP contribution in [0, 0.1) is 32.0 Å². The summed E-state index contributed by atoms with van der Waals surface area (Å²) < 4.78 is 43.1. The van der Waals surface area contributed by atoms with E-state index in [0.29, 0.717) is 24.2 Å². The molecular weight excluding hydrogens is 551 g/mol. The summed E-state index contributed by atoms with van der Waals surface area (Å²) in [6.45, 7) is 9.18. The minimum Gasteiger partial charge on any atom is -0.397 e. The topological polar surface area (TPSA) is 128 Å². The van der Waals surface area contributed by atoms with Crippen molar-refractivity contribution in [3.8, 4) is 0 Å². The molecule has 0 spiro atoms. The number of carbonyl (C=O) groups is 1. The number of sulfonamides is 1. The summed E-state index contributed by atoms with van der Waals surface area (Å²) >= 11 is 0. The number of Topliss-reactive ketones (excluding diaryl/α,β-unsaturated/α-hetero) is 1. The van der Waals surface area contributed by atoms with Crippen LogP contribution in [0.3, 0.4) is 0 Å². The van der Waals surface area contributed by atoms with Gasteiger partial charge in [0.2, 0.25) is 10.0 Å². The Kier molecular flexibility index (Phi) is 9.25. The highest BCUT2D eigenvalue weighted by Crippen LogP contribution is 2.38. The van der Waals surface area contributed by atoms with Crippen LogP contribution in [0.4, 0.5) is 15.8 Å². The van der Waals surface area contributed by atoms with Gasteiger partial charge < -0.3 is 17.2 Å². The maximum Gasteiger partial charge on any atom is 0.243 e. The third kappa shape index (κ3) is 6.28. The summed E-state index contributed by atoms with van der Waals surface area (Å²) in [4.78, 5) is 13.1. The maximum absolute atomic E-state index is 14.2. The van der Waals surface area contributed by atoms with Crippen LogP contribution in [0.2, 0.25) is 0 Å². The lowest BCUT2D eigenvalue weighted by molar-refractivity contribution is -0.115. The highest BCUT2D eigenvalue weighted by atomic mass is 32.2. The molecule has 0 bridgehead atoms. The van der Waals surface area contributed by atoms with Crippen LogP contribution in [0.15, 0.2) is 65.1 Å². The van der Waals surface area contributed by atoms with Gasteiger partial charge in [-0.25, -0.2) is 12.8 Å². The summed E-state index contributed by atoms with van der Waals surface area (Å²) in [7, 11) is -3.92. The quantitative estimate of drug-likeness (QED) is 0.244. The van der Waals surface area contributed by atoms with Crippen molar-refractivity contribution in [1.29, 1.82) is 0 Å². The van der Waals surface area contributed by atoms with Gasteiger partial charge >= 0.3 is 0 Å². The molecule has 2 aliphatic rings. The molecule has 3 aromatic carbocycles. The van der Waals surface area contributed by atoms with Crippen molar-refractivity contribution >= 4 is 27.2 Å². The molecule has 0 unspecified atom stereocenters. The van der Waals surface area contributed by atoms with Crippen molar-refractivity contribution in [2.24, 2.45) is 5.92 Å². The Morgan fingerprint density at radius 3 is 2.60 bits per heavy atom. The lowest BCUT2D eigenvalue weighted by Gasteiger charge is -2.25. The van der Waals surface area contributed by atoms with E-state index in [4.69, 9.17) is 5.73 Å². The first-order chi connectivity index (χ1) is 19.5. The van der Waals surface area contributed by atoms with Crippen molar-refractivity contribution in [1.82, 2.24) is 10.5 Å². The fraction of sp³-hybridized carbons (Fsp3) is 0.333. The van der Waals surface area contributed by atoms with Gasteiger partial charge in [0.05, 0.1) is 16.3 Å². The number of anilines is 2. The number of carbonyl (C=O) groups excluding carboxylic acids is 1. The lowest BCUT2D eigenvalue weighted by atomic mass is 9.82. The summed E-state index contributed by atoms with van der Waals surface area (Å²) in [5, 5.41) is 3.29. The van der Waals surface area contributed by atoms with Gasteiger partial charge in [0, 0.05) is 39.8 Å². The monoisotopic (exact) mass is 593 g/mol. The van der Waals surface area contributed by atoms with Crippen LogP contribution in [-0.4, -0.2) is 31.6 Å². The summed E-state index contributed by atoms with van der Waals surface area (Å²) in [5.41, 5.74) is 14.0. The van der Waals surface area contributed by atoms with Gasteiger partial charge in [-0.15, -0.1) is 0 Å². The molecule has 1 aliphatic heterocycles. The van der Waals surface area contributed by atoms with Crippen LogP contribution in [-0.2, 0) is 27.8 Å². The average Bonchev–Trinajstić information content (AvgIpc) is 3.78. The van der Waals surface area contributed by atoms with E-state index in [9.17, 15) is 17.6 Å². The zero-order valence-electron chi connectivity index (χ0n) is 24.7. The van der Waals surface area contributed by atoms with E-state index in [1.165, 1.54) is 10.4 Å². The number of nitrogens with two attached hydrogens (primary N) is 1. The first-order valence-corrected chi connectivity index (χ1v) is 15.5. The molecule has 0 fully saturated rings. The van der Waals surface area contributed by atoms with E-state index in [1.54, 1.807) is 6.07 Å². The van der Waals surface area contributed by atoms with Gasteiger partial charge in [0.15, 0.2) is 5.78 Å². The molecular formula is C33H42FN4O3S. The number of rotatable bonds is 9. The van der Waals surface area contributed by atoms with Gasteiger partial charge in [0.1, 0.15) is 5.82 Å². The van der Waals surface area contributed by atoms with Crippen molar-refractivity contribution in [3.05, 3.63) is 106 Å². The number of benzene rings is 3. The molecule has 7 nitrogen and oxygen atoms in total. The van der Waals surface area contributed by atoms with Crippen LogP contribution < -0.4 is 17.2 Å². The molecule has 3 aromatic rings. The second-order valence-electron chi connectivity index (χ2n) is 11.3. The van der Waals surface area contributed by atoms with Gasteiger partial charge in [-0.2, -0.15) is 4.31 Å². The molecule has 0 aromatic heterocycles. The number of allylic oxidation sites excluding steroid dienone is 2. The highest BCUT2D eigenvalue weighted by molar-refractivity contribution is 7.89. The van der Waals surface area contributed by atoms with E-state index in [0.717, 1.165) is 51.7 Å². The Morgan fingerprint density at radius 1 is 1.17 bits per heavy atom. The first kappa shape index (κ1) is 31.4. The Morgan fingerprint density at radius 2 is 1.90 bits per heavy atom. The Bertz CT molecular complexity index is 1660. The molecule has 2 atom stereocenters. The molecule has 0 saturated heterocycles. The average molecular weight is 594 g/mol. The van der Waals surface area contributed by atoms with Crippen molar-refractivity contribution in [3.63, 3.8) is 0 Å². The second kappa shape index (κ2) is 12.4. The molecule has 6 N–H and O–H groups in total. The summed E-state index contributed by atoms with van der Waals surface area (Å²) in [6, 6.07) is 14.0. The van der Waals surface area contributed by atoms with Crippen molar-refractivity contribution in [2.75, 3.05) is 24.1 Å². The largest absolute Gasteiger partial charge is 0.397 e. The molecule has 1 radical (unpaired) electrons. The minimum atomic E-state index is -3.92. The molecule has 225 valence electrons. The summed E-state index contributed by atoms with van der Waals surface area (Å²) in [6.07, 6.45) is 4.48. The first-order valence-electron chi connectivity index (χ1n) is 14.1. The second-order valence-corrected chi connectivity index (χ2v) is 13.2. The van der Waals surface area contributed by atoms with Gasteiger partial charge in [0.25, 0.3) is 0 Å². The SMILES string of the molecule is CCNc1ccc([C@@H](CC(=O)C2=C[CH]2)c2ccc(C)c(CN3C[C@@H](C)Cc4ccc(F)cc4S3(=O)=O)c2)c(C)c1N.N.[HH].